The molecule has 0 radical (unpaired) electrons. The summed E-state index contributed by atoms with van der Waals surface area (Å²) >= 11 is 0. The van der Waals surface area contributed by atoms with Crippen molar-refractivity contribution in [1.29, 1.82) is 0 Å². The van der Waals surface area contributed by atoms with Crippen molar-refractivity contribution in [2.45, 2.75) is 79.1 Å². The van der Waals surface area contributed by atoms with E-state index in [9.17, 15) is 19.2 Å². The summed E-state index contributed by atoms with van der Waals surface area (Å²) in [6.07, 6.45) is 0. The monoisotopic (exact) mass is 782 g/mol. The van der Waals surface area contributed by atoms with E-state index in [1.807, 2.05) is 67.5 Å². The Morgan fingerprint density at radius 2 is 0.586 bits per heavy atom. The lowest BCUT2D eigenvalue weighted by molar-refractivity contribution is 0.0876. The molecule has 58 heavy (non-hydrogen) atoms. The lowest BCUT2D eigenvalue weighted by Gasteiger charge is -2.34. The molecule has 0 saturated carbocycles. The highest BCUT2D eigenvalue weighted by atomic mass is 19.1. The Morgan fingerprint density at radius 3 is 0.793 bits per heavy atom. The lowest BCUT2D eigenvalue weighted by atomic mass is 9.80. The van der Waals surface area contributed by atoms with Crippen molar-refractivity contribution >= 4 is 78.1 Å². The minimum Gasteiger partial charge on any atom is -0.268 e. The Kier molecular flexibility index (Phi) is 8.17. The first-order chi connectivity index (χ1) is 27.5. The predicted octanol–water partition coefficient (Wildman–Crippen LogP) is 12.4. The first-order valence-corrected chi connectivity index (χ1v) is 19.5. The summed E-state index contributed by atoms with van der Waals surface area (Å²) in [7, 11) is 0. The SMILES string of the molecule is CC(C)c1cccc(C(C)C)c1N1C(=O)c2cc(F)c3c4c(F)cc5c6c(cc(F)c(c7c(F)cc(c2c37)C1=O)c64)C(=O)N(c1c(C(C)C)cccc1C(C)C)C5=O. The highest BCUT2D eigenvalue weighted by Gasteiger charge is 2.43. The number of amides is 4. The number of hydrogen-bond donors (Lipinski definition) is 0. The van der Waals surface area contributed by atoms with Gasteiger partial charge in [-0.2, -0.15) is 0 Å². The van der Waals surface area contributed by atoms with Gasteiger partial charge in [0.25, 0.3) is 23.6 Å². The molecule has 0 aliphatic carbocycles. The van der Waals surface area contributed by atoms with Gasteiger partial charge in [0.05, 0.1) is 33.6 Å². The Bertz CT molecular complexity index is 2670. The van der Waals surface area contributed by atoms with E-state index in [0.717, 1.165) is 34.1 Å². The van der Waals surface area contributed by atoms with Crippen LogP contribution in [-0.4, -0.2) is 23.6 Å². The van der Waals surface area contributed by atoms with Crippen molar-refractivity contribution in [2.24, 2.45) is 0 Å². The van der Waals surface area contributed by atoms with Gasteiger partial charge in [-0.05, 0) is 70.2 Å². The molecule has 4 amide bonds. The highest BCUT2D eigenvalue weighted by molar-refractivity contribution is 6.45. The van der Waals surface area contributed by atoms with E-state index < -0.39 is 68.4 Å². The molecule has 2 aliphatic heterocycles. The highest BCUT2D eigenvalue weighted by Crippen LogP contribution is 2.51. The zero-order valence-corrected chi connectivity index (χ0v) is 33.1. The average molecular weight is 783 g/mol. The number of halogens is 4. The van der Waals surface area contributed by atoms with Gasteiger partial charge in [0.2, 0.25) is 0 Å². The number of anilines is 2. The predicted molar refractivity (Wildman–Crippen MR) is 219 cm³/mol. The van der Waals surface area contributed by atoms with Gasteiger partial charge in [-0.3, -0.25) is 19.2 Å². The molecular formula is C48H38F4N2O4. The zero-order valence-electron chi connectivity index (χ0n) is 33.1. The second-order valence-electron chi connectivity index (χ2n) is 16.7. The van der Waals surface area contributed by atoms with E-state index in [1.54, 1.807) is 24.3 Å². The van der Waals surface area contributed by atoms with Crippen LogP contribution in [0, 0.1) is 23.3 Å². The van der Waals surface area contributed by atoms with Crippen LogP contribution in [0.25, 0.3) is 43.1 Å². The normalized spacial score (nSPS) is 14.6. The molecule has 2 aliphatic rings. The van der Waals surface area contributed by atoms with Gasteiger partial charge >= 0.3 is 0 Å². The summed E-state index contributed by atoms with van der Waals surface area (Å²) in [5.74, 6) is -8.55. The number of nitrogens with zero attached hydrogens (tertiary/aromatic N) is 2. The van der Waals surface area contributed by atoms with Crippen LogP contribution in [0.3, 0.4) is 0 Å². The van der Waals surface area contributed by atoms with Gasteiger partial charge in [0.1, 0.15) is 23.3 Å². The third kappa shape index (κ3) is 4.77. The van der Waals surface area contributed by atoms with Crippen molar-refractivity contribution in [1.82, 2.24) is 0 Å². The first-order valence-electron chi connectivity index (χ1n) is 19.5. The third-order valence-electron chi connectivity index (χ3n) is 12.0. The number of imide groups is 2. The Hall–Kier alpha value is -6.16. The van der Waals surface area contributed by atoms with E-state index in [2.05, 4.69) is 0 Å². The van der Waals surface area contributed by atoms with Crippen LogP contribution < -0.4 is 9.80 Å². The minimum absolute atomic E-state index is 0.142. The molecule has 2 heterocycles. The number of carbonyl (C=O) groups is 4. The van der Waals surface area contributed by atoms with E-state index in [0.29, 0.717) is 33.6 Å². The Morgan fingerprint density at radius 1 is 0.362 bits per heavy atom. The standard InChI is InChI=1S/C48H38F4N2O4/c1-19(2)23-11-9-12-24(20(3)4)43(23)53-45(55)27-15-31(49)37-39-33(51)17-29-36-30(48(58)54(47(29)57)44-25(21(5)6)13-10-14-26(44)22(7)8)18-34(52)40(42(36)39)38-32(50)16-28(46(53)56)35(27)41(37)38/h9-22H,1-8H3. The summed E-state index contributed by atoms with van der Waals surface area (Å²) in [6.45, 7) is 15.3. The molecular weight excluding hydrogens is 745 g/mol. The molecule has 0 spiro atoms. The summed E-state index contributed by atoms with van der Waals surface area (Å²) < 4.78 is 67.9. The maximum absolute atomic E-state index is 17.0. The molecule has 7 aromatic rings. The maximum Gasteiger partial charge on any atom is 0.266 e. The number of hydrogen-bond acceptors (Lipinski definition) is 4. The smallest absolute Gasteiger partial charge is 0.266 e. The second-order valence-corrected chi connectivity index (χ2v) is 16.7. The minimum atomic E-state index is -1.13. The first kappa shape index (κ1) is 37.4. The van der Waals surface area contributed by atoms with Gasteiger partial charge in [-0.25, -0.2) is 27.4 Å². The van der Waals surface area contributed by atoms with Gasteiger partial charge in [-0.1, -0.05) is 91.8 Å². The van der Waals surface area contributed by atoms with Gasteiger partial charge in [-0.15, -0.1) is 0 Å². The molecule has 10 heteroatoms. The summed E-state index contributed by atoms with van der Waals surface area (Å²) in [6, 6.07) is 14.5. The molecule has 9 rings (SSSR count). The second kappa shape index (κ2) is 12.7. The molecule has 0 saturated heterocycles. The molecule has 292 valence electrons. The van der Waals surface area contributed by atoms with Crippen LogP contribution in [-0.2, 0) is 0 Å². The lowest BCUT2D eigenvalue weighted by Crippen LogP contribution is -2.42. The molecule has 0 atom stereocenters. The third-order valence-corrected chi connectivity index (χ3v) is 12.0. The Balaban J connectivity index is 1.37. The zero-order chi connectivity index (χ0) is 41.5. The molecule has 6 nitrogen and oxygen atoms in total. The fourth-order valence-corrected chi connectivity index (χ4v) is 9.41. The van der Waals surface area contributed by atoms with Crippen LogP contribution in [0.5, 0.6) is 0 Å². The van der Waals surface area contributed by atoms with Crippen LogP contribution in [0.2, 0.25) is 0 Å². The number of rotatable bonds is 6. The molecule has 0 bridgehead atoms. The van der Waals surface area contributed by atoms with Gasteiger partial charge < -0.3 is 0 Å². The number of fused-ring (bicyclic) bond motifs is 2. The average Bonchev–Trinajstić information content (AvgIpc) is 3.16. The fourth-order valence-electron chi connectivity index (χ4n) is 9.41. The van der Waals surface area contributed by atoms with Gasteiger partial charge in [0.15, 0.2) is 0 Å². The number of benzene rings is 7. The summed E-state index contributed by atoms with van der Waals surface area (Å²) in [5, 5.41) is -2.99. The van der Waals surface area contributed by atoms with E-state index in [1.165, 1.54) is 0 Å². The van der Waals surface area contributed by atoms with E-state index >= 15 is 17.6 Å². The van der Waals surface area contributed by atoms with Crippen molar-refractivity contribution in [3.63, 3.8) is 0 Å². The van der Waals surface area contributed by atoms with Crippen LogP contribution in [0.1, 0.15) is 143 Å². The molecule has 0 fully saturated rings. The Labute approximate surface area is 331 Å². The van der Waals surface area contributed by atoms with Crippen LogP contribution in [0.15, 0.2) is 60.7 Å². The summed E-state index contributed by atoms with van der Waals surface area (Å²) in [5.41, 5.74) is 2.25. The largest absolute Gasteiger partial charge is 0.268 e. The van der Waals surface area contributed by atoms with Crippen molar-refractivity contribution in [2.75, 3.05) is 9.80 Å². The number of carbonyl (C=O) groups excluding carboxylic acids is 4. The fraction of sp³-hybridized carbons (Fsp3) is 0.250. The molecule has 0 unspecified atom stereocenters. The summed E-state index contributed by atoms with van der Waals surface area (Å²) in [4.78, 5) is 60.3. The molecule has 0 N–H and O–H groups in total. The molecule has 0 aromatic heterocycles. The maximum atomic E-state index is 17.0. The van der Waals surface area contributed by atoms with E-state index in [4.69, 9.17) is 0 Å². The topological polar surface area (TPSA) is 74.8 Å². The quantitative estimate of drug-likeness (QED) is 0.0729. The van der Waals surface area contributed by atoms with Crippen LogP contribution >= 0.6 is 0 Å². The van der Waals surface area contributed by atoms with Crippen molar-refractivity contribution < 1.29 is 36.7 Å². The van der Waals surface area contributed by atoms with Gasteiger partial charge in [0, 0.05) is 43.1 Å². The van der Waals surface area contributed by atoms with Crippen molar-refractivity contribution in [3.05, 3.63) is 128 Å². The van der Waals surface area contributed by atoms with E-state index in [-0.39, 0.29) is 67.5 Å². The van der Waals surface area contributed by atoms with Crippen molar-refractivity contribution in [3.8, 4) is 0 Å². The van der Waals surface area contributed by atoms with Crippen LogP contribution in [0.4, 0.5) is 28.9 Å². The molecule has 7 aromatic carbocycles. The number of para-hydroxylation sites is 2.